The zero-order valence-electron chi connectivity index (χ0n) is 2.00. The first kappa shape index (κ1) is 36.0. The molecule has 0 atom stereocenters. The second kappa shape index (κ2) is 0. The standard InChI is InChI=1S/C2H6.2CH4.H2/c1-2;;;/h1-2H3;2*1H4;1H/i;;;1+2. The van der Waals surface area contributed by atoms with Crippen LogP contribution in [0.25, 0.3) is 0 Å². The monoisotopic (exact) mass is 66.1 g/mol. The molecule has 0 aliphatic carbocycles. The predicted molar refractivity (Wildman–Crippen MR) is 26.9 cm³/mol. The lowest BCUT2D eigenvalue weighted by atomic mass is 11.0. The third kappa shape index (κ3) is 0. The highest BCUT2D eigenvalue weighted by Crippen LogP contribution is 1.14. The Labute approximate surface area is 31.3 Å². The van der Waals surface area contributed by atoms with Gasteiger partial charge in [0.05, 0.1) is 0 Å². The molecule has 0 bridgehead atoms. The third-order valence-electron chi connectivity index (χ3n) is 0. The van der Waals surface area contributed by atoms with Crippen LogP contribution in [0.1, 0.15) is 30.1 Å². The van der Waals surface area contributed by atoms with Crippen LogP contribution in [0.4, 0.5) is 0 Å². The van der Waals surface area contributed by atoms with Crippen molar-refractivity contribution in [3.8, 4) is 0 Å². The topological polar surface area (TPSA) is 0 Å². The Morgan fingerprint density at radius 1 is 1.00 bits per heavy atom. The van der Waals surface area contributed by atoms with Gasteiger partial charge in [-0.2, -0.15) is 0 Å². The second-order valence-corrected chi connectivity index (χ2v) is 0. The fourth-order valence-electron chi connectivity index (χ4n) is 0. The normalized spacial score (nSPS) is 1.50. The van der Waals surface area contributed by atoms with Crippen molar-refractivity contribution < 1.29 is 1.43 Å². The lowest BCUT2D eigenvalue weighted by Gasteiger charge is -1.07. The van der Waals surface area contributed by atoms with Crippen molar-refractivity contribution in [2.24, 2.45) is 0 Å². The van der Waals surface area contributed by atoms with E-state index in [0.717, 1.165) is 0 Å². The van der Waals surface area contributed by atoms with E-state index < -0.39 is 0 Å². The summed E-state index contributed by atoms with van der Waals surface area (Å²) in [5.41, 5.74) is 0. The van der Waals surface area contributed by atoms with Crippen LogP contribution in [0.5, 0.6) is 0 Å². The minimum Gasteiger partial charge on any atom is -0.0776 e. The van der Waals surface area contributed by atoms with Crippen LogP contribution in [0, 0.1) is 0 Å². The van der Waals surface area contributed by atoms with Crippen LogP contribution in [-0.4, -0.2) is 0 Å². The first-order valence-electron chi connectivity index (χ1n) is 1.00. The fraction of sp³-hybridized carbons (Fsp3) is 1.00. The Bertz CT molecular complexity index is 3.61. The SMILES string of the molecule is C.C.CC.[3HH]. The van der Waals surface area contributed by atoms with Gasteiger partial charge in [0.2, 0.25) is 0 Å². The smallest absolute Gasteiger partial charge is 0 e. The summed E-state index contributed by atoms with van der Waals surface area (Å²) in [4.78, 5) is 0. The van der Waals surface area contributed by atoms with Crippen molar-refractivity contribution in [1.29, 1.82) is 0 Å². The molecule has 0 nitrogen and oxygen atoms in total. The Hall–Kier alpha value is 0. The molecular weight excluding hydrogens is 48.0 g/mol. The minimum absolute atomic E-state index is 0. The fourth-order valence-corrected chi connectivity index (χ4v) is 0. The van der Waals surface area contributed by atoms with Gasteiger partial charge in [-0.05, 0) is 0 Å². The second-order valence-electron chi connectivity index (χ2n) is 0. The van der Waals surface area contributed by atoms with E-state index in [4.69, 9.17) is 0 Å². The molecule has 0 heteroatoms. The molecule has 0 aromatic rings. The van der Waals surface area contributed by atoms with Gasteiger partial charge in [0.1, 0.15) is 0 Å². The summed E-state index contributed by atoms with van der Waals surface area (Å²) in [6.45, 7) is 4.00. The van der Waals surface area contributed by atoms with Crippen molar-refractivity contribution in [3.63, 3.8) is 0 Å². The van der Waals surface area contributed by atoms with Gasteiger partial charge in [-0.25, -0.2) is 0 Å². The van der Waals surface area contributed by atoms with Gasteiger partial charge >= 0.3 is 0 Å². The lowest BCUT2D eigenvalue weighted by molar-refractivity contribution is 1.50. The molecule has 0 saturated carbocycles. The minimum atomic E-state index is 0. The van der Waals surface area contributed by atoms with Gasteiger partial charge in [-0.15, -0.1) is 0 Å². The zero-order valence-corrected chi connectivity index (χ0v) is 2.00. The average Bonchev–Trinajstić information content (AvgIpc) is 1.00. The zero-order chi connectivity index (χ0) is 2.00. The Morgan fingerprint density at radius 2 is 1.00 bits per heavy atom. The molecule has 4 heavy (non-hydrogen) atoms. The first-order chi connectivity index (χ1) is 1.00. The highest BCUT2D eigenvalue weighted by Gasteiger charge is 0.932. The summed E-state index contributed by atoms with van der Waals surface area (Å²) in [7, 11) is 0. The van der Waals surface area contributed by atoms with Crippen LogP contribution in [-0.2, 0) is 0 Å². The first-order valence-corrected chi connectivity index (χ1v) is 1.00. The van der Waals surface area contributed by atoms with E-state index in [1.54, 1.807) is 0 Å². The van der Waals surface area contributed by atoms with Gasteiger partial charge in [0.25, 0.3) is 0 Å². The van der Waals surface area contributed by atoms with Gasteiger partial charge in [-0.1, -0.05) is 28.7 Å². The molecule has 0 rings (SSSR count). The van der Waals surface area contributed by atoms with E-state index in [9.17, 15) is 0 Å². The van der Waals surface area contributed by atoms with E-state index in [1.165, 1.54) is 0 Å². The largest absolute Gasteiger partial charge is 0.0776 e. The molecule has 0 fully saturated rings. The lowest BCUT2D eigenvalue weighted by Crippen LogP contribution is -0.856. The number of rotatable bonds is 0. The molecular formula is C4H16. The molecule has 0 aliphatic heterocycles. The maximum absolute atomic E-state index is 2.00. The maximum Gasteiger partial charge on any atom is 0 e. The van der Waals surface area contributed by atoms with Crippen LogP contribution in [0.3, 0.4) is 0 Å². The van der Waals surface area contributed by atoms with E-state index in [2.05, 4.69) is 0 Å². The molecule has 0 radical (unpaired) electrons. The quantitative estimate of drug-likeness (QED) is 0.407. The predicted octanol–water partition coefficient (Wildman–Crippen LogP) is 2.54. The summed E-state index contributed by atoms with van der Waals surface area (Å²) >= 11 is 0. The van der Waals surface area contributed by atoms with Crippen LogP contribution >= 0.6 is 0 Å². The molecule has 0 spiro atoms. The summed E-state index contributed by atoms with van der Waals surface area (Å²) < 4.78 is 0. The van der Waals surface area contributed by atoms with Crippen molar-refractivity contribution in [3.05, 3.63) is 0 Å². The van der Waals surface area contributed by atoms with Gasteiger partial charge in [-0.3, -0.25) is 0 Å². The maximum atomic E-state index is 2.00. The summed E-state index contributed by atoms with van der Waals surface area (Å²) in [6, 6.07) is 0. The van der Waals surface area contributed by atoms with Crippen molar-refractivity contribution in [2.45, 2.75) is 28.7 Å². The molecule has 32 valence electrons. The Balaban J connectivity index is -0.00000000167. The van der Waals surface area contributed by atoms with Crippen molar-refractivity contribution in [2.75, 3.05) is 0 Å². The Kier molecular flexibility index (Phi) is 0. The molecule has 0 heterocycles. The number of hydrogen-bond donors (Lipinski definition) is 0. The van der Waals surface area contributed by atoms with Gasteiger partial charge < -0.3 is 0 Å². The van der Waals surface area contributed by atoms with Crippen LogP contribution in [0.2, 0.25) is 0 Å². The van der Waals surface area contributed by atoms with E-state index in [1.807, 2.05) is 13.8 Å². The van der Waals surface area contributed by atoms with Crippen molar-refractivity contribution >= 4 is 0 Å². The summed E-state index contributed by atoms with van der Waals surface area (Å²) in [5, 5.41) is 0. The molecule has 0 aromatic heterocycles. The average molecular weight is 66.2 g/mol. The van der Waals surface area contributed by atoms with Crippen molar-refractivity contribution in [1.82, 2.24) is 0 Å². The third-order valence-corrected chi connectivity index (χ3v) is 0. The van der Waals surface area contributed by atoms with Crippen LogP contribution in [0.15, 0.2) is 0 Å². The molecule has 0 amide bonds. The molecule has 0 N–H and O–H groups in total. The highest BCUT2D eigenvalue weighted by molar-refractivity contribution is 3.50. The van der Waals surface area contributed by atoms with E-state index >= 15 is 0 Å². The van der Waals surface area contributed by atoms with Gasteiger partial charge in [0.15, 0.2) is 0 Å². The number of hydrogen-bond acceptors (Lipinski definition) is 0. The van der Waals surface area contributed by atoms with Gasteiger partial charge in [0, 0.05) is 1.43 Å². The Morgan fingerprint density at radius 3 is 1.00 bits per heavy atom. The van der Waals surface area contributed by atoms with Crippen LogP contribution < -0.4 is 0 Å². The highest BCUT2D eigenvalue weighted by atomic mass is 13.0. The molecule has 0 unspecified atom stereocenters. The van der Waals surface area contributed by atoms with E-state index in [-0.39, 0.29) is 16.3 Å². The van der Waals surface area contributed by atoms with E-state index in [0.29, 0.717) is 0 Å². The molecule has 0 saturated heterocycles. The summed E-state index contributed by atoms with van der Waals surface area (Å²) in [6.07, 6.45) is 0. The summed E-state index contributed by atoms with van der Waals surface area (Å²) in [5.74, 6) is 0. The molecule has 0 aliphatic rings. The molecule has 0 aromatic carbocycles.